The van der Waals surface area contributed by atoms with Crippen molar-refractivity contribution in [1.29, 1.82) is 0 Å². The largest absolute Gasteiger partial charge is 0.478 e. The third kappa shape index (κ3) is 3.43. The van der Waals surface area contributed by atoms with Gasteiger partial charge in [-0.2, -0.15) is 0 Å². The Balaban J connectivity index is 2.04. The van der Waals surface area contributed by atoms with Crippen molar-refractivity contribution in [3.8, 4) is 0 Å². The number of hydrogen-bond donors (Lipinski definition) is 1. The fourth-order valence-electron chi connectivity index (χ4n) is 2.10. The van der Waals surface area contributed by atoms with Gasteiger partial charge in [-0.15, -0.1) is 0 Å². The summed E-state index contributed by atoms with van der Waals surface area (Å²) in [6, 6.07) is 1.81. The molecule has 0 spiro atoms. The maximum atomic E-state index is 10.5. The number of carboxylic acids is 1. The number of hydrogen-bond acceptors (Lipinski definition) is 4. The van der Waals surface area contributed by atoms with Gasteiger partial charge in [-0.25, -0.2) is 14.8 Å². The molecule has 1 fully saturated rings. The van der Waals surface area contributed by atoms with Crippen LogP contribution in [0.25, 0.3) is 0 Å². The lowest BCUT2D eigenvalue weighted by atomic mass is 9.97. The average molecular weight is 268 g/mol. The van der Waals surface area contributed by atoms with Crippen LogP contribution in [0.15, 0.2) is 24.4 Å². The minimum Gasteiger partial charge on any atom is -0.478 e. The molecular formula is C12H14ClN3O2. The van der Waals surface area contributed by atoms with Crippen LogP contribution in [0.1, 0.15) is 12.8 Å². The molecule has 96 valence electrons. The first-order valence-corrected chi connectivity index (χ1v) is 6.17. The molecule has 1 aromatic heterocycles. The summed E-state index contributed by atoms with van der Waals surface area (Å²) < 4.78 is 0. The van der Waals surface area contributed by atoms with Crippen molar-refractivity contribution >= 4 is 23.4 Å². The van der Waals surface area contributed by atoms with E-state index in [0.29, 0.717) is 0 Å². The second-order valence-corrected chi connectivity index (χ2v) is 4.57. The molecule has 0 saturated carbocycles. The second-order valence-electron chi connectivity index (χ2n) is 4.23. The van der Waals surface area contributed by atoms with Crippen molar-refractivity contribution in [2.75, 3.05) is 18.0 Å². The van der Waals surface area contributed by atoms with Crippen molar-refractivity contribution in [2.45, 2.75) is 12.8 Å². The van der Waals surface area contributed by atoms with Crippen LogP contribution in [0.4, 0.5) is 5.82 Å². The van der Waals surface area contributed by atoms with E-state index >= 15 is 0 Å². The highest BCUT2D eigenvalue weighted by Crippen LogP contribution is 2.22. The molecule has 1 aliphatic rings. The molecule has 0 amide bonds. The predicted molar refractivity (Wildman–Crippen MR) is 68.8 cm³/mol. The van der Waals surface area contributed by atoms with Gasteiger partial charge in [0, 0.05) is 25.4 Å². The number of piperidine rings is 1. The van der Waals surface area contributed by atoms with Crippen molar-refractivity contribution in [3.63, 3.8) is 0 Å². The molecule has 0 radical (unpaired) electrons. The maximum absolute atomic E-state index is 10.5. The Kier molecular flexibility index (Phi) is 4.15. The molecule has 0 unspecified atom stereocenters. The van der Waals surface area contributed by atoms with Crippen LogP contribution in [-0.2, 0) is 4.79 Å². The lowest BCUT2D eigenvalue weighted by Gasteiger charge is -2.32. The van der Waals surface area contributed by atoms with Gasteiger partial charge in [0.2, 0.25) is 5.28 Å². The van der Waals surface area contributed by atoms with Crippen LogP contribution >= 0.6 is 11.6 Å². The lowest BCUT2D eigenvalue weighted by Crippen LogP contribution is -2.35. The van der Waals surface area contributed by atoms with Crippen molar-refractivity contribution in [2.24, 2.45) is 5.92 Å². The Morgan fingerprint density at radius 1 is 1.61 bits per heavy atom. The zero-order chi connectivity index (χ0) is 13.0. The Hall–Kier alpha value is -1.62. The SMILES string of the molecule is O=C(O)/C=C/[C@@H]1CCCN(c2ccnc(Cl)n2)C1. The van der Waals surface area contributed by atoms with E-state index < -0.39 is 5.97 Å². The molecule has 0 aliphatic carbocycles. The molecule has 1 saturated heterocycles. The summed E-state index contributed by atoms with van der Waals surface area (Å²) in [5.41, 5.74) is 0. The number of rotatable bonds is 3. The van der Waals surface area contributed by atoms with Crippen LogP contribution in [-0.4, -0.2) is 34.1 Å². The Bertz CT molecular complexity index is 464. The van der Waals surface area contributed by atoms with E-state index in [4.69, 9.17) is 16.7 Å². The number of aromatic nitrogens is 2. The van der Waals surface area contributed by atoms with Gasteiger partial charge in [-0.1, -0.05) is 6.08 Å². The molecule has 1 aliphatic heterocycles. The number of nitrogens with zero attached hydrogens (tertiary/aromatic N) is 3. The minimum absolute atomic E-state index is 0.232. The monoisotopic (exact) mass is 267 g/mol. The fraction of sp³-hybridized carbons (Fsp3) is 0.417. The molecule has 6 heteroatoms. The minimum atomic E-state index is -0.905. The quantitative estimate of drug-likeness (QED) is 0.670. The molecule has 0 bridgehead atoms. The van der Waals surface area contributed by atoms with E-state index in [1.165, 1.54) is 6.08 Å². The summed E-state index contributed by atoms with van der Waals surface area (Å²) in [6.45, 7) is 1.67. The highest BCUT2D eigenvalue weighted by atomic mass is 35.5. The molecule has 2 heterocycles. The van der Waals surface area contributed by atoms with Crippen LogP contribution in [0.2, 0.25) is 5.28 Å². The van der Waals surface area contributed by atoms with Gasteiger partial charge in [-0.3, -0.25) is 0 Å². The number of aliphatic carboxylic acids is 1. The van der Waals surface area contributed by atoms with E-state index in [0.717, 1.165) is 31.7 Å². The molecule has 2 rings (SSSR count). The topological polar surface area (TPSA) is 66.3 Å². The van der Waals surface area contributed by atoms with Crippen LogP contribution in [0, 0.1) is 5.92 Å². The zero-order valence-corrected chi connectivity index (χ0v) is 10.5. The Morgan fingerprint density at radius 2 is 2.44 bits per heavy atom. The third-order valence-corrected chi connectivity index (χ3v) is 3.09. The molecular weight excluding hydrogens is 254 g/mol. The summed E-state index contributed by atoms with van der Waals surface area (Å²) in [5.74, 6) is 0.129. The summed E-state index contributed by atoms with van der Waals surface area (Å²) in [5, 5.41) is 8.86. The number of anilines is 1. The van der Waals surface area contributed by atoms with E-state index in [1.807, 2.05) is 6.07 Å². The van der Waals surface area contributed by atoms with Crippen LogP contribution in [0.3, 0.4) is 0 Å². The molecule has 1 atom stereocenters. The smallest absolute Gasteiger partial charge is 0.327 e. The number of halogens is 1. The standard InChI is InChI=1S/C12H14ClN3O2/c13-12-14-6-5-10(15-12)16-7-1-2-9(8-16)3-4-11(17)18/h3-6,9H,1-2,7-8H2,(H,17,18)/b4-3+/t9-/m0/s1. The van der Waals surface area contributed by atoms with Gasteiger partial charge >= 0.3 is 5.97 Å². The lowest BCUT2D eigenvalue weighted by molar-refractivity contribution is -0.131. The van der Waals surface area contributed by atoms with Crippen molar-refractivity contribution in [1.82, 2.24) is 9.97 Å². The normalized spacial score (nSPS) is 20.3. The van der Waals surface area contributed by atoms with E-state index in [2.05, 4.69) is 14.9 Å². The number of carboxylic acid groups (broad SMARTS) is 1. The molecule has 18 heavy (non-hydrogen) atoms. The zero-order valence-electron chi connectivity index (χ0n) is 9.79. The average Bonchev–Trinajstić information content (AvgIpc) is 2.37. The summed E-state index contributed by atoms with van der Waals surface area (Å²) in [6.07, 6.45) is 6.59. The first kappa shape index (κ1) is 12.8. The van der Waals surface area contributed by atoms with Gasteiger partial charge in [0.05, 0.1) is 0 Å². The van der Waals surface area contributed by atoms with E-state index in [-0.39, 0.29) is 11.2 Å². The highest BCUT2D eigenvalue weighted by molar-refractivity contribution is 6.28. The molecule has 1 N–H and O–H groups in total. The number of carbonyl (C=O) groups is 1. The first-order valence-electron chi connectivity index (χ1n) is 5.80. The van der Waals surface area contributed by atoms with E-state index in [1.54, 1.807) is 12.3 Å². The second kappa shape index (κ2) is 5.82. The van der Waals surface area contributed by atoms with Crippen LogP contribution in [0.5, 0.6) is 0 Å². The van der Waals surface area contributed by atoms with Gasteiger partial charge in [-0.05, 0) is 36.4 Å². The third-order valence-electron chi connectivity index (χ3n) is 2.90. The van der Waals surface area contributed by atoms with Gasteiger partial charge in [0.1, 0.15) is 5.82 Å². The summed E-state index contributed by atoms with van der Waals surface area (Å²) in [7, 11) is 0. The summed E-state index contributed by atoms with van der Waals surface area (Å²) >= 11 is 5.76. The summed E-state index contributed by atoms with van der Waals surface area (Å²) in [4.78, 5) is 20.6. The van der Waals surface area contributed by atoms with Crippen molar-refractivity contribution < 1.29 is 9.90 Å². The maximum Gasteiger partial charge on any atom is 0.327 e. The highest BCUT2D eigenvalue weighted by Gasteiger charge is 2.19. The first-order chi connectivity index (χ1) is 8.65. The molecule has 5 nitrogen and oxygen atoms in total. The van der Waals surface area contributed by atoms with Crippen molar-refractivity contribution in [3.05, 3.63) is 29.7 Å². The van der Waals surface area contributed by atoms with Gasteiger partial charge < -0.3 is 10.0 Å². The van der Waals surface area contributed by atoms with E-state index in [9.17, 15) is 4.79 Å². The molecule has 0 aromatic carbocycles. The predicted octanol–water partition coefficient (Wildman–Crippen LogP) is 1.99. The van der Waals surface area contributed by atoms with Gasteiger partial charge in [0.15, 0.2) is 0 Å². The van der Waals surface area contributed by atoms with Gasteiger partial charge in [0.25, 0.3) is 0 Å². The fourth-order valence-corrected chi connectivity index (χ4v) is 2.24. The Morgan fingerprint density at radius 3 is 3.17 bits per heavy atom. The Labute approximate surface area is 110 Å². The molecule has 1 aromatic rings. The van der Waals surface area contributed by atoms with Crippen LogP contribution < -0.4 is 4.90 Å².